The van der Waals surface area contributed by atoms with Crippen molar-refractivity contribution in [2.45, 2.75) is 46.1 Å². The number of nitrogens with zero attached hydrogens (tertiary/aromatic N) is 2. The van der Waals surface area contributed by atoms with E-state index in [9.17, 15) is 9.59 Å². The summed E-state index contributed by atoms with van der Waals surface area (Å²) in [6.45, 7) is 9.09. The number of hydrogen-bond acceptors (Lipinski definition) is 4. The van der Waals surface area contributed by atoms with Gasteiger partial charge in [0.2, 0.25) is 0 Å². The summed E-state index contributed by atoms with van der Waals surface area (Å²) in [7, 11) is 0. The summed E-state index contributed by atoms with van der Waals surface area (Å²) >= 11 is 0. The molecule has 1 amide bonds. The molecule has 2 aliphatic heterocycles. The third-order valence-electron chi connectivity index (χ3n) is 5.75. The number of hydrogen-bond donors (Lipinski definition) is 0. The van der Waals surface area contributed by atoms with E-state index >= 15 is 0 Å². The lowest BCUT2D eigenvalue weighted by Gasteiger charge is -2.31. The fourth-order valence-corrected chi connectivity index (χ4v) is 4.20. The lowest BCUT2D eigenvalue weighted by Crippen LogP contribution is -2.40. The SMILES string of the molecule is CCOC(=O)C1CCN(C(=O)c2ccc(CN3CCC[C@@H](C)C3)cc2)CC1. The van der Waals surface area contributed by atoms with Crippen molar-refractivity contribution in [1.82, 2.24) is 9.80 Å². The molecule has 1 atom stereocenters. The van der Waals surface area contributed by atoms with Crippen molar-refractivity contribution in [2.75, 3.05) is 32.8 Å². The molecule has 5 heteroatoms. The van der Waals surface area contributed by atoms with E-state index < -0.39 is 0 Å². The molecule has 3 rings (SSSR count). The zero-order valence-corrected chi connectivity index (χ0v) is 16.7. The van der Waals surface area contributed by atoms with Gasteiger partial charge in [-0.05, 0) is 62.8 Å². The molecule has 0 radical (unpaired) electrons. The van der Waals surface area contributed by atoms with Crippen molar-refractivity contribution in [3.8, 4) is 0 Å². The van der Waals surface area contributed by atoms with Crippen LogP contribution in [0.3, 0.4) is 0 Å². The maximum absolute atomic E-state index is 12.7. The summed E-state index contributed by atoms with van der Waals surface area (Å²) in [5, 5.41) is 0. The Balaban J connectivity index is 1.51. The van der Waals surface area contributed by atoms with Crippen molar-refractivity contribution in [1.29, 1.82) is 0 Å². The van der Waals surface area contributed by atoms with Crippen LogP contribution >= 0.6 is 0 Å². The minimum atomic E-state index is -0.124. The Hall–Kier alpha value is -1.88. The lowest BCUT2D eigenvalue weighted by molar-refractivity contribution is -0.149. The molecule has 0 aliphatic carbocycles. The summed E-state index contributed by atoms with van der Waals surface area (Å²) in [5.41, 5.74) is 2.00. The van der Waals surface area contributed by atoms with Gasteiger partial charge in [-0.2, -0.15) is 0 Å². The minimum Gasteiger partial charge on any atom is -0.466 e. The Morgan fingerprint density at radius 2 is 1.78 bits per heavy atom. The van der Waals surface area contributed by atoms with Crippen molar-refractivity contribution < 1.29 is 14.3 Å². The molecular formula is C22H32N2O3. The second-order valence-electron chi connectivity index (χ2n) is 8.00. The van der Waals surface area contributed by atoms with Crippen LogP contribution < -0.4 is 0 Å². The highest BCUT2D eigenvalue weighted by Gasteiger charge is 2.28. The van der Waals surface area contributed by atoms with Crippen LogP contribution in [0.2, 0.25) is 0 Å². The van der Waals surface area contributed by atoms with Gasteiger partial charge in [0.1, 0.15) is 0 Å². The Morgan fingerprint density at radius 1 is 1.07 bits per heavy atom. The normalized spacial score (nSPS) is 21.9. The van der Waals surface area contributed by atoms with Gasteiger partial charge in [-0.1, -0.05) is 19.1 Å². The van der Waals surface area contributed by atoms with E-state index in [0.29, 0.717) is 32.5 Å². The summed E-state index contributed by atoms with van der Waals surface area (Å²) in [6.07, 6.45) is 3.99. The van der Waals surface area contributed by atoms with Gasteiger partial charge in [-0.15, -0.1) is 0 Å². The lowest BCUT2D eigenvalue weighted by atomic mass is 9.96. The van der Waals surface area contributed by atoms with Crippen LogP contribution in [0.1, 0.15) is 55.5 Å². The first-order valence-electron chi connectivity index (χ1n) is 10.3. The van der Waals surface area contributed by atoms with Crippen molar-refractivity contribution in [3.05, 3.63) is 35.4 Å². The molecule has 148 valence electrons. The summed E-state index contributed by atoms with van der Waals surface area (Å²) in [4.78, 5) is 28.9. The summed E-state index contributed by atoms with van der Waals surface area (Å²) < 4.78 is 5.10. The van der Waals surface area contributed by atoms with Crippen molar-refractivity contribution >= 4 is 11.9 Å². The number of amides is 1. The zero-order valence-electron chi connectivity index (χ0n) is 16.7. The standard InChI is InChI=1S/C22H32N2O3/c1-3-27-22(26)20-10-13-24(14-11-20)21(25)19-8-6-18(7-9-19)16-23-12-4-5-17(2)15-23/h6-9,17,20H,3-5,10-16H2,1-2H3/t17-/m1/s1. The van der Waals surface area contributed by atoms with E-state index in [1.54, 1.807) is 0 Å². The third kappa shape index (κ3) is 5.32. The van der Waals surface area contributed by atoms with E-state index in [1.165, 1.54) is 24.9 Å². The van der Waals surface area contributed by atoms with E-state index in [0.717, 1.165) is 24.6 Å². The van der Waals surface area contributed by atoms with Crippen LogP contribution in [-0.4, -0.2) is 54.5 Å². The summed E-state index contributed by atoms with van der Waals surface area (Å²) in [5.74, 6) is 0.650. The van der Waals surface area contributed by atoms with E-state index in [1.807, 2.05) is 24.0 Å². The van der Waals surface area contributed by atoms with Gasteiger partial charge in [-0.25, -0.2) is 0 Å². The van der Waals surface area contributed by atoms with Gasteiger partial charge in [0.25, 0.3) is 5.91 Å². The first-order chi connectivity index (χ1) is 13.1. The first kappa shape index (κ1) is 19.9. The molecule has 5 nitrogen and oxygen atoms in total. The molecule has 27 heavy (non-hydrogen) atoms. The largest absolute Gasteiger partial charge is 0.466 e. The molecule has 2 saturated heterocycles. The average Bonchev–Trinajstić information content (AvgIpc) is 2.68. The Kier molecular flexibility index (Phi) is 6.89. The van der Waals surface area contributed by atoms with Crippen LogP contribution in [0.5, 0.6) is 0 Å². The maximum Gasteiger partial charge on any atom is 0.309 e. The molecule has 1 aromatic rings. The Morgan fingerprint density at radius 3 is 2.41 bits per heavy atom. The minimum absolute atomic E-state index is 0.0652. The number of ether oxygens (including phenoxy) is 1. The van der Waals surface area contributed by atoms with Gasteiger partial charge < -0.3 is 9.64 Å². The number of piperidine rings is 2. The van der Waals surface area contributed by atoms with Crippen molar-refractivity contribution in [2.24, 2.45) is 11.8 Å². The van der Waals surface area contributed by atoms with Crippen LogP contribution in [0.15, 0.2) is 24.3 Å². The number of rotatable bonds is 5. The quantitative estimate of drug-likeness (QED) is 0.744. The molecule has 0 bridgehead atoms. The van der Waals surface area contributed by atoms with Crippen molar-refractivity contribution in [3.63, 3.8) is 0 Å². The molecular weight excluding hydrogens is 340 g/mol. The number of benzene rings is 1. The van der Waals surface area contributed by atoms with Crippen LogP contribution in [0.25, 0.3) is 0 Å². The molecule has 0 N–H and O–H groups in total. The molecule has 1 aromatic carbocycles. The predicted octanol–water partition coefficient (Wildman–Crippen LogP) is 3.33. The average molecular weight is 373 g/mol. The highest BCUT2D eigenvalue weighted by Crippen LogP contribution is 2.21. The highest BCUT2D eigenvalue weighted by atomic mass is 16.5. The fourth-order valence-electron chi connectivity index (χ4n) is 4.20. The molecule has 0 unspecified atom stereocenters. The maximum atomic E-state index is 12.7. The topological polar surface area (TPSA) is 49.9 Å². The number of carbonyl (C=O) groups is 2. The summed E-state index contributed by atoms with van der Waals surface area (Å²) in [6, 6.07) is 8.06. The smallest absolute Gasteiger partial charge is 0.309 e. The number of carbonyl (C=O) groups excluding carboxylic acids is 2. The molecule has 2 aliphatic rings. The van der Waals surface area contributed by atoms with Crippen LogP contribution in [-0.2, 0) is 16.1 Å². The zero-order chi connectivity index (χ0) is 19.2. The van der Waals surface area contributed by atoms with E-state index in [-0.39, 0.29) is 17.8 Å². The number of esters is 1. The molecule has 0 aromatic heterocycles. The second-order valence-corrected chi connectivity index (χ2v) is 8.00. The second kappa shape index (κ2) is 9.36. The fraction of sp³-hybridized carbons (Fsp3) is 0.636. The monoisotopic (exact) mass is 372 g/mol. The molecule has 2 heterocycles. The number of likely N-dealkylation sites (tertiary alicyclic amines) is 2. The van der Waals surface area contributed by atoms with Gasteiger partial charge in [0.15, 0.2) is 0 Å². The first-order valence-corrected chi connectivity index (χ1v) is 10.3. The van der Waals surface area contributed by atoms with Gasteiger partial charge >= 0.3 is 5.97 Å². The van der Waals surface area contributed by atoms with Gasteiger partial charge in [-0.3, -0.25) is 14.5 Å². The Bertz CT molecular complexity index is 635. The molecule has 0 spiro atoms. The Labute approximate surface area is 162 Å². The van der Waals surface area contributed by atoms with Crippen LogP contribution in [0.4, 0.5) is 0 Å². The van der Waals surface area contributed by atoms with E-state index in [2.05, 4.69) is 24.0 Å². The van der Waals surface area contributed by atoms with Crippen LogP contribution in [0, 0.1) is 11.8 Å². The molecule has 0 saturated carbocycles. The third-order valence-corrected chi connectivity index (χ3v) is 5.75. The van der Waals surface area contributed by atoms with Gasteiger partial charge in [0.05, 0.1) is 12.5 Å². The van der Waals surface area contributed by atoms with Gasteiger partial charge in [0, 0.05) is 31.7 Å². The molecule has 2 fully saturated rings. The predicted molar refractivity (Wildman–Crippen MR) is 105 cm³/mol. The van der Waals surface area contributed by atoms with E-state index in [4.69, 9.17) is 4.74 Å². The highest BCUT2D eigenvalue weighted by molar-refractivity contribution is 5.94.